The van der Waals surface area contributed by atoms with E-state index in [9.17, 15) is 9.59 Å². The lowest BCUT2D eigenvalue weighted by atomic mass is 10.2. The predicted molar refractivity (Wildman–Crippen MR) is 69.0 cm³/mol. The molecule has 0 aliphatic carbocycles. The first-order valence-electron chi connectivity index (χ1n) is 6.23. The molecule has 0 bridgehead atoms. The van der Waals surface area contributed by atoms with Gasteiger partial charge in [0.1, 0.15) is 11.8 Å². The molecule has 19 heavy (non-hydrogen) atoms. The van der Waals surface area contributed by atoms with E-state index in [-0.39, 0.29) is 5.97 Å². The van der Waals surface area contributed by atoms with Crippen LogP contribution in [0.1, 0.15) is 36.0 Å². The van der Waals surface area contributed by atoms with E-state index in [4.69, 9.17) is 9.15 Å². The van der Waals surface area contributed by atoms with Crippen molar-refractivity contribution in [2.75, 3.05) is 6.61 Å². The molecule has 0 spiro atoms. The van der Waals surface area contributed by atoms with Crippen molar-refractivity contribution in [1.82, 2.24) is 4.98 Å². The van der Waals surface area contributed by atoms with Crippen LogP contribution in [-0.4, -0.2) is 23.8 Å². The standard InChI is InChI=1S/C14H15NO4/c1-2-18-14(17)5-3-4-13-15-11-8-10(9-16)6-7-12(11)19-13/h6-9H,2-5H2,1H3. The number of ether oxygens (including phenoxy) is 1. The van der Waals surface area contributed by atoms with E-state index in [0.717, 1.165) is 6.29 Å². The fraction of sp³-hybridized carbons (Fsp3) is 0.357. The number of hydrogen-bond acceptors (Lipinski definition) is 5. The summed E-state index contributed by atoms with van der Waals surface area (Å²) in [6.45, 7) is 2.18. The van der Waals surface area contributed by atoms with E-state index in [1.54, 1.807) is 25.1 Å². The van der Waals surface area contributed by atoms with Crippen molar-refractivity contribution >= 4 is 23.4 Å². The van der Waals surface area contributed by atoms with Crippen molar-refractivity contribution in [3.05, 3.63) is 29.7 Å². The lowest BCUT2D eigenvalue weighted by Gasteiger charge is -1.99. The first-order valence-corrected chi connectivity index (χ1v) is 6.23. The van der Waals surface area contributed by atoms with E-state index in [0.29, 0.717) is 48.4 Å². The minimum absolute atomic E-state index is 0.207. The molecule has 0 aliphatic heterocycles. The Balaban J connectivity index is 1.97. The quantitative estimate of drug-likeness (QED) is 0.590. The number of aldehydes is 1. The van der Waals surface area contributed by atoms with Crippen LogP contribution in [0.15, 0.2) is 22.6 Å². The summed E-state index contributed by atoms with van der Waals surface area (Å²) in [4.78, 5) is 26.1. The van der Waals surface area contributed by atoms with Crippen LogP contribution in [0.4, 0.5) is 0 Å². The van der Waals surface area contributed by atoms with Gasteiger partial charge in [-0.3, -0.25) is 9.59 Å². The molecular formula is C14H15NO4. The predicted octanol–water partition coefficient (Wildman–Crippen LogP) is 2.53. The van der Waals surface area contributed by atoms with Crippen LogP contribution < -0.4 is 0 Å². The number of carbonyl (C=O) groups excluding carboxylic acids is 2. The molecule has 0 radical (unpaired) electrons. The molecule has 0 aliphatic rings. The smallest absolute Gasteiger partial charge is 0.305 e. The number of esters is 1. The van der Waals surface area contributed by atoms with E-state index in [1.165, 1.54) is 0 Å². The maximum atomic E-state index is 11.2. The van der Waals surface area contributed by atoms with E-state index < -0.39 is 0 Å². The summed E-state index contributed by atoms with van der Waals surface area (Å²) < 4.78 is 10.4. The summed E-state index contributed by atoms with van der Waals surface area (Å²) >= 11 is 0. The van der Waals surface area contributed by atoms with Crippen molar-refractivity contribution in [1.29, 1.82) is 0 Å². The monoisotopic (exact) mass is 261 g/mol. The van der Waals surface area contributed by atoms with Gasteiger partial charge in [-0.25, -0.2) is 4.98 Å². The summed E-state index contributed by atoms with van der Waals surface area (Å²) in [5.41, 5.74) is 1.88. The second-order valence-electron chi connectivity index (χ2n) is 4.11. The molecule has 5 heteroatoms. The maximum Gasteiger partial charge on any atom is 0.305 e. The Morgan fingerprint density at radius 2 is 2.32 bits per heavy atom. The van der Waals surface area contributed by atoms with Crippen molar-refractivity contribution in [2.45, 2.75) is 26.2 Å². The van der Waals surface area contributed by atoms with Crippen LogP contribution in [0, 0.1) is 0 Å². The zero-order valence-electron chi connectivity index (χ0n) is 10.7. The van der Waals surface area contributed by atoms with Crippen LogP contribution >= 0.6 is 0 Å². The van der Waals surface area contributed by atoms with Crippen LogP contribution in [0.5, 0.6) is 0 Å². The number of fused-ring (bicyclic) bond motifs is 1. The van der Waals surface area contributed by atoms with Crippen LogP contribution in [-0.2, 0) is 16.0 Å². The molecule has 0 fully saturated rings. The van der Waals surface area contributed by atoms with Gasteiger partial charge < -0.3 is 9.15 Å². The molecule has 1 aromatic heterocycles. The zero-order valence-corrected chi connectivity index (χ0v) is 10.7. The SMILES string of the molecule is CCOC(=O)CCCc1nc2cc(C=O)ccc2o1. The van der Waals surface area contributed by atoms with E-state index >= 15 is 0 Å². The summed E-state index contributed by atoms with van der Waals surface area (Å²) in [5.74, 6) is 0.365. The number of rotatable bonds is 6. The molecule has 5 nitrogen and oxygen atoms in total. The van der Waals surface area contributed by atoms with Gasteiger partial charge in [0.25, 0.3) is 0 Å². The lowest BCUT2D eigenvalue weighted by molar-refractivity contribution is -0.143. The average Bonchev–Trinajstić information content (AvgIpc) is 2.80. The molecule has 0 unspecified atom stereocenters. The molecular weight excluding hydrogens is 246 g/mol. The first kappa shape index (κ1) is 13.3. The normalized spacial score (nSPS) is 10.6. The minimum Gasteiger partial charge on any atom is -0.466 e. The molecule has 0 N–H and O–H groups in total. The molecule has 0 saturated carbocycles. The lowest BCUT2D eigenvalue weighted by Crippen LogP contribution is -2.04. The van der Waals surface area contributed by atoms with Gasteiger partial charge in [0.05, 0.1) is 6.61 Å². The molecule has 0 amide bonds. The Morgan fingerprint density at radius 3 is 3.05 bits per heavy atom. The van der Waals surface area contributed by atoms with Gasteiger partial charge in [0.15, 0.2) is 11.5 Å². The van der Waals surface area contributed by atoms with Crippen LogP contribution in [0.3, 0.4) is 0 Å². The number of benzene rings is 1. The first-order chi connectivity index (χ1) is 9.22. The second-order valence-corrected chi connectivity index (χ2v) is 4.11. The van der Waals surface area contributed by atoms with Crippen molar-refractivity contribution in [2.24, 2.45) is 0 Å². The van der Waals surface area contributed by atoms with E-state index in [2.05, 4.69) is 4.98 Å². The topological polar surface area (TPSA) is 69.4 Å². The van der Waals surface area contributed by atoms with Gasteiger partial charge >= 0.3 is 5.97 Å². The highest BCUT2D eigenvalue weighted by Gasteiger charge is 2.08. The molecule has 0 saturated heterocycles. The van der Waals surface area contributed by atoms with E-state index in [1.807, 2.05) is 0 Å². The van der Waals surface area contributed by atoms with Crippen molar-refractivity contribution in [3.8, 4) is 0 Å². The maximum absolute atomic E-state index is 11.2. The molecule has 2 aromatic rings. The highest BCUT2D eigenvalue weighted by atomic mass is 16.5. The Labute approximate surface area is 110 Å². The summed E-state index contributed by atoms with van der Waals surface area (Å²) in [6, 6.07) is 5.09. The molecule has 1 aromatic carbocycles. The fourth-order valence-electron chi connectivity index (χ4n) is 1.79. The Bertz CT molecular complexity index is 588. The third-order valence-electron chi connectivity index (χ3n) is 2.67. The third-order valence-corrected chi connectivity index (χ3v) is 2.67. The van der Waals surface area contributed by atoms with Crippen molar-refractivity contribution < 1.29 is 18.7 Å². The van der Waals surface area contributed by atoms with Gasteiger partial charge in [0, 0.05) is 18.4 Å². The third kappa shape index (κ3) is 3.40. The fourth-order valence-corrected chi connectivity index (χ4v) is 1.79. The summed E-state index contributed by atoms with van der Waals surface area (Å²) in [7, 11) is 0. The van der Waals surface area contributed by atoms with Gasteiger partial charge in [0.2, 0.25) is 0 Å². The second kappa shape index (κ2) is 6.13. The Morgan fingerprint density at radius 1 is 1.47 bits per heavy atom. The zero-order chi connectivity index (χ0) is 13.7. The molecule has 2 rings (SSSR count). The van der Waals surface area contributed by atoms with Gasteiger partial charge in [-0.15, -0.1) is 0 Å². The van der Waals surface area contributed by atoms with Gasteiger partial charge in [-0.2, -0.15) is 0 Å². The largest absolute Gasteiger partial charge is 0.466 e. The molecule has 100 valence electrons. The number of carbonyl (C=O) groups is 2. The van der Waals surface area contributed by atoms with Gasteiger partial charge in [-0.05, 0) is 31.5 Å². The number of aromatic nitrogens is 1. The number of nitrogens with zero attached hydrogens (tertiary/aromatic N) is 1. The highest BCUT2D eigenvalue weighted by molar-refractivity contribution is 5.83. The number of hydrogen-bond donors (Lipinski definition) is 0. The van der Waals surface area contributed by atoms with Crippen molar-refractivity contribution in [3.63, 3.8) is 0 Å². The average molecular weight is 261 g/mol. The number of oxazole rings is 1. The summed E-state index contributed by atoms with van der Waals surface area (Å²) in [6.07, 6.45) is 2.33. The van der Waals surface area contributed by atoms with Gasteiger partial charge in [-0.1, -0.05) is 0 Å². The highest BCUT2D eigenvalue weighted by Crippen LogP contribution is 2.17. The van der Waals surface area contributed by atoms with Crippen LogP contribution in [0.25, 0.3) is 11.1 Å². The molecule has 0 atom stereocenters. The Hall–Kier alpha value is -2.17. The Kier molecular flexibility index (Phi) is 4.28. The number of aryl methyl sites for hydroxylation is 1. The summed E-state index contributed by atoms with van der Waals surface area (Å²) in [5, 5.41) is 0. The molecule has 1 heterocycles. The van der Waals surface area contributed by atoms with Crippen LogP contribution in [0.2, 0.25) is 0 Å². The minimum atomic E-state index is -0.207.